The second kappa shape index (κ2) is 5.98. The van der Waals surface area contributed by atoms with Gasteiger partial charge in [-0.15, -0.1) is 10.2 Å². The predicted molar refractivity (Wildman–Crippen MR) is 94.6 cm³/mol. The van der Waals surface area contributed by atoms with Gasteiger partial charge in [0.05, 0.1) is 0 Å². The number of aromatic nitrogens is 5. The molecule has 0 saturated carbocycles. The highest BCUT2D eigenvalue weighted by molar-refractivity contribution is 6.01. The Balaban J connectivity index is 1.57. The summed E-state index contributed by atoms with van der Waals surface area (Å²) in [6.07, 6.45) is 1.73. The number of hydrogen-bond acceptors (Lipinski definition) is 4. The van der Waals surface area contributed by atoms with Gasteiger partial charge < -0.3 is 9.88 Å². The van der Waals surface area contributed by atoms with Crippen molar-refractivity contribution in [3.8, 4) is 0 Å². The Morgan fingerprint density at radius 3 is 2.64 bits per heavy atom. The molecular weight excluding hydrogens is 316 g/mol. The molecular formula is C18H22N6O. The van der Waals surface area contributed by atoms with Crippen LogP contribution >= 0.6 is 0 Å². The third kappa shape index (κ3) is 2.69. The number of amides is 1. The summed E-state index contributed by atoms with van der Waals surface area (Å²) in [5, 5.41) is 15.4. The Labute approximate surface area is 145 Å². The largest absolute Gasteiger partial charge is 0.350 e. The zero-order chi connectivity index (χ0) is 17.6. The van der Waals surface area contributed by atoms with Crippen molar-refractivity contribution in [2.24, 2.45) is 0 Å². The molecule has 0 spiro atoms. The van der Waals surface area contributed by atoms with E-state index in [0.29, 0.717) is 18.8 Å². The topological polar surface area (TPSA) is 90.6 Å². The van der Waals surface area contributed by atoms with Gasteiger partial charge in [-0.3, -0.25) is 4.79 Å². The van der Waals surface area contributed by atoms with Gasteiger partial charge in [0.2, 0.25) is 0 Å². The number of nitrogens with one attached hydrogen (secondary N) is 2. The van der Waals surface area contributed by atoms with Gasteiger partial charge in [0, 0.05) is 29.9 Å². The highest BCUT2D eigenvalue weighted by Crippen LogP contribution is 2.29. The Hall–Kier alpha value is -2.70. The number of hydrogen-bond donors (Lipinski definition) is 2. The van der Waals surface area contributed by atoms with Crippen LogP contribution in [0.25, 0.3) is 10.9 Å². The molecule has 3 heterocycles. The molecule has 0 aliphatic carbocycles. The fourth-order valence-corrected chi connectivity index (χ4v) is 3.84. The van der Waals surface area contributed by atoms with Gasteiger partial charge in [0.1, 0.15) is 5.69 Å². The molecule has 0 bridgehead atoms. The highest BCUT2D eigenvalue weighted by atomic mass is 16.2. The second-order valence-corrected chi connectivity index (χ2v) is 6.97. The Bertz CT molecular complexity index is 919. The van der Waals surface area contributed by atoms with E-state index in [2.05, 4.69) is 51.6 Å². The minimum Gasteiger partial charge on any atom is -0.350 e. The van der Waals surface area contributed by atoms with Crippen molar-refractivity contribution in [2.75, 3.05) is 13.1 Å². The summed E-state index contributed by atoms with van der Waals surface area (Å²) in [6, 6.07) is 4.29. The molecule has 1 aromatic carbocycles. The van der Waals surface area contributed by atoms with E-state index in [9.17, 15) is 4.79 Å². The lowest BCUT2D eigenvalue weighted by molar-refractivity contribution is 0.0705. The monoisotopic (exact) mass is 338 g/mol. The van der Waals surface area contributed by atoms with Crippen molar-refractivity contribution in [3.63, 3.8) is 0 Å². The van der Waals surface area contributed by atoms with E-state index >= 15 is 0 Å². The van der Waals surface area contributed by atoms with E-state index in [1.165, 1.54) is 11.1 Å². The third-order valence-electron chi connectivity index (χ3n) is 5.23. The lowest BCUT2D eigenvalue weighted by atomic mass is 9.96. The molecule has 1 amide bonds. The van der Waals surface area contributed by atoms with E-state index in [4.69, 9.17) is 0 Å². The summed E-state index contributed by atoms with van der Waals surface area (Å²) in [4.78, 5) is 18.3. The quantitative estimate of drug-likeness (QED) is 0.751. The minimum absolute atomic E-state index is 0.0808. The number of rotatable bonds is 2. The third-order valence-corrected chi connectivity index (χ3v) is 5.23. The summed E-state index contributed by atoms with van der Waals surface area (Å²) in [7, 11) is 0. The molecule has 1 aliphatic rings. The average molecular weight is 338 g/mol. The van der Waals surface area contributed by atoms with Gasteiger partial charge in [0.25, 0.3) is 5.91 Å². The standard InChI is InChI=1S/C18H22N6O/c1-10-8-11(2)15-14(9-10)12(3)16(19-15)18(25)24-6-4-13(5-7-24)17-20-22-23-21-17/h8-9,13,19H,4-7H2,1-3H3,(H,20,21,22,23). The van der Waals surface area contributed by atoms with Crippen molar-refractivity contribution >= 4 is 16.8 Å². The predicted octanol–water partition coefficient (Wildman–Crippen LogP) is 2.63. The molecule has 0 atom stereocenters. The maximum Gasteiger partial charge on any atom is 0.270 e. The van der Waals surface area contributed by atoms with Crippen LogP contribution in [0.15, 0.2) is 12.1 Å². The van der Waals surface area contributed by atoms with Crippen LogP contribution in [0.3, 0.4) is 0 Å². The highest BCUT2D eigenvalue weighted by Gasteiger charge is 2.28. The van der Waals surface area contributed by atoms with Crippen LogP contribution in [-0.4, -0.2) is 49.5 Å². The number of carbonyl (C=O) groups is 1. The maximum absolute atomic E-state index is 13.0. The van der Waals surface area contributed by atoms with Crippen molar-refractivity contribution in [3.05, 3.63) is 40.3 Å². The number of piperidine rings is 1. The first-order valence-electron chi connectivity index (χ1n) is 8.66. The summed E-state index contributed by atoms with van der Waals surface area (Å²) in [6.45, 7) is 7.62. The molecule has 2 N–H and O–H groups in total. The van der Waals surface area contributed by atoms with Crippen molar-refractivity contribution in [1.29, 1.82) is 0 Å². The SMILES string of the molecule is Cc1cc(C)c2[nH]c(C(=O)N3CCC(c4nn[nH]n4)CC3)c(C)c2c1. The molecule has 130 valence electrons. The first-order valence-corrected chi connectivity index (χ1v) is 8.66. The van der Waals surface area contributed by atoms with Crippen LogP contribution in [0.4, 0.5) is 0 Å². The molecule has 7 heteroatoms. The fraction of sp³-hybridized carbons (Fsp3) is 0.444. The van der Waals surface area contributed by atoms with Gasteiger partial charge >= 0.3 is 0 Å². The molecule has 1 saturated heterocycles. The molecule has 25 heavy (non-hydrogen) atoms. The zero-order valence-corrected chi connectivity index (χ0v) is 14.8. The van der Waals surface area contributed by atoms with Crippen LogP contribution in [0.1, 0.15) is 51.8 Å². The van der Waals surface area contributed by atoms with Crippen LogP contribution in [-0.2, 0) is 0 Å². The van der Waals surface area contributed by atoms with E-state index in [1.54, 1.807) is 0 Å². The van der Waals surface area contributed by atoms with Crippen molar-refractivity contribution < 1.29 is 4.79 Å². The lowest BCUT2D eigenvalue weighted by Gasteiger charge is -2.30. The Kier molecular flexibility index (Phi) is 3.78. The van der Waals surface area contributed by atoms with E-state index < -0.39 is 0 Å². The Morgan fingerprint density at radius 2 is 1.96 bits per heavy atom. The first-order chi connectivity index (χ1) is 12.0. The second-order valence-electron chi connectivity index (χ2n) is 6.97. The molecule has 4 rings (SSSR count). The molecule has 1 fully saturated rings. The number of tetrazole rings is 1. The molecule has 0 radical (unpaired) electrons. The van der Waals surface area contributed by atoms with Crippen LogP contribution in [0, 0.1) is 20.8 Å². The van der Waals surface area contributed by atoms with Crippen molar-refractivity contribution in [2.45, 2.75) is 39.5 Å². The van der Waals surface area contributed by atoms with E-state index in [-0.39, 0.29) is 11.8 Å². The van der Waals surface area contributed by atoms with Gasteiger partial charge in [-0.2, -0.15) is 5.21 Å². The number of H-pyrrole nitrogens is 2. The van der Waals surface area contributed by atoms with E-state index in [1.807, 2.05) is 11.8 Å². The molecule has 2 aromatic heterocycles. The number of aromatic amines is 2. The fourth-order valence-electron chi connectivity index (χ4n) is 3.84. The van der Waals surface area contributed by atoms with Crippen LogP contribution in [0.2, 0.25) is 0 Å². The lowest BCUT2D eigenvalue weighted by Crippen LogP contribution is -2.38. The number of aryl methyl sites for hydroxylation is 3. The van der Waals surface area contributed by atoms with Gasteiger partial charge in [-0.25, -0.2) is 0 Å². The zero-order valence-electron chi connectivity index (χ0n) is 14.8. The number of benzene rings is 1. The number of nitrogens with zero attached hydrogens (tertiary/aromatic N) is 4. The average Bonchev–Trinajstić information content (AvgIpc) is 3.24. The summed E-state index contributed by atoms with van der Waals surface area (Å²) < 4.78 is 0. The molecule has 1 aliphatic heterocycles. The number of fused-ring (bicyclic) bond motifs is 1. The first kappa shape index (κ1) is 15.8. The normalized spacial score (nSPS) is 15.9. The Morgan fingerprint density at radius 1 is 1.20 bits per heavy atom. The maximum atomic E-state index is 13.0. The molecule has 0 unspecified atom stereocenters. The van der Waals surface area contributed by atoms with Gasteiger partial charge in [-0.1, -0.05) is 16.8 Å². The number of carbonyl (C=O) groups excluding carboxylic acids is 1. The van der Waals surface area contributed by atoms with Crippen LogP contribution < -0.4 is 0 Å². The molecule has 3 aromatic rings. The van der Waals surface area contributed by atoms with Crippen molar-refractivity contribution in [1.82, 2.24) is 30.5 Å². The molecule has 7 nitrogen and oxygen atoms in total. The van der Waals surface area contributed by atoms with Gasteiger partial charge in [-0.05, 0) is 50.8 Å². The number of likely N-dealkylation sites (tertiary alicyclic amines) is 1. The van der Waals surface area contributed by atoms with E-state index in [0.717, 1.165) is 35.1 Å². The smallest absolute Gasteiger partial charge is 0.270 e. The van der Waals surface area contributed by atoms with Crippen LogP contribution in [0.5, 0.6) is 0 Å². The summed E-state index contributed by atoms with van der Waals surface area (Å²) >= 11 is 0. The van der Waals surface area contributed by atoms with Gasteiger partial charge in [0.15, 0.2) is 5.82 Å². The summed E-state index contributed by atoms with van der Waals surface area (Å²) in [5.74, 6) is 1.11. The summed E-state index contributed by atoms with van der Waals surface area (Å²) in [5.41, 5.74) is 5.20. The minimum atomic E-state index is 0.0808.